The highest BCUT2D eigenvalue weighted by Crippen LogP contribution is 2.42. The van der Waals surface area contributed by atoms with Crippen LogP contribution in [0.3, 0.4) is 0 Å². The molecular formula is C12H21N. The number of fused-ring (bicyclic) bond motifs is 1. The van der Waals surface area contributed by atoms with Gasteiger partial charge in [-0.1, -0.05) is 12.2 Å². The minimum atomic E-state index is 0.389. The molecule has 1 fully saturated rings. The Labute approximate surface area is 81.8 Å². The first-order valence-electron chi connectivity index (χ1n) is 5.54. The number of rotatable bonds is 0. The van der Waals surface area contributed by atoms with Crippen molar-refractivity contribution in [2.45, 2.75) is 64.1 Å². The number of nitrogens with zero attached hydrogens (tertiary/aromatic N) is 1. The summed E-state index contributed by atoms with van der Waals surface area (Å²) in [5, 5.41) is 0. The standard InChI is InChI=1S/C12H21N/c1-12(2,3)13-10-8-6-4-5-7-9-11(10)13/h4-5,10-11H,6-9H2,1-3H3/b5-4-/t10-,11+,13?. The average molecular weight is 179 g/mol. The second-order valence-corrected chi connectivity index (χ2v) is 5.34. The van der Waals surface area contributed by atoms with Gasteiger partial charge in [0.05, 0.1) is 0 Å². The molecule has 0 aromatic rings. The lowest BCUT2D eigenvalue weighted by Gasteiger charge is -2.22. The molecule has 1 aliphatic heterocycles. The molecule has 0 bridgehead atoms. The van der Waals surface area contributed by atoms with Crippen LogP contribution in [0.5, 0.6) is 0 Å². The third kappa shape index (κ3) is 1.80. The van der Waals surface area contributed by atoms with Gasteiger partial charge in [0.15, 0.2) is 0 Å². The topological polar surface area (TPSA) is 3.01 Å². The highest BCUT2D eigenvalue weighted by molar-refractivity contribution is 5.10. The molecule has 1 unspecified atom stereocenters. The maximum atomic E-state index is 2.69. The van der Waals surface area contributed by atoms with Gasteiger partial charge in [-0.3, -0.25) is 4.90 Å². The molecule has 0 saturated carbocycles. The summed E-state index contributed by atoms with van der Waals surface area (Å²) in [4.78, 5) is 2.69. The predicted octanol–water partition coefficient (Wildman–Crippen LogP) is 2.97. The Hall–Kier alpha value is -0.300. The van der Waals surface area contributed by atoms with Gasteiger partial charge >= 0.3 is 0 Å². The molecular weight excluding hydrogens is 158 g/mol. The zero-order valence-corrected chi connectivity index (χ0v) is 9.09. The van der Waals surface area contributed by atoms with Crippen LogP contribution in [0.4, 0.5) is 0 Å². The van der Waals surface area contributed by atoms with E-state index < -0.39 is 0 Å². The summed E-state index contributed by atoms with van der Waals surface area (Å²) in [6.45, 7) is 7.02. The van der Waals surface area contributed by atoms with Crippen LogP contribution in [0, 0.1) is 0 Å². The van der Waals surface area contributed by atoms with Crippen molar-refractivity contribution in [3.05, 3.63) is 12.2 Å². The van der Waals surface area contributed by atoms with Gasteiger partial charge in [-0.15, -0.1) is 0 Å². The van der Waals surface area contributed by atoms with Gasteiger partial charge in [0.25, 0.3) is 0 Å². The second kappa shape index (κ2) is 3.13. The number of hydrogen-bond donors (Lipinski definition) is 0. The highest BCUT2D eigenvalue weighted by atomic mass is 15.4. The molecule has 0 aromatic heterocycles. The third-order valence-corrected chi connectivity index (χ3v) is 3.27. The van der Waals surface area contributed by atoms with E-state index in [1.807, 2.05) is 0 Å². The summed E-state index contributed by atoms with van der Waals surface area (Å²) in [6.07, 6.45) is 10.0. The van der Waals surface area contributed by atoms with Gasteiger partial charge in [0.1, 0.15) is 0 Å². The zero-order valence-electron chi connectivity index (χ0n) is 9.09. The first-order valence-corrected chi connectivity index (χ1v) is 5.54. The molecule has 13 heavy (non-hydrogen) atoms. The summed E-state index contributed by atoms with van der Waals surface area (Å²) in [6, 6.07) is 1.79. The Morgan fingerprint density at radius 3 is 1.85 bits per heavy atom. The van der Waals surface area contributed by atoms with E-state index in [-0.39, 0.29) is 0 Å². The van der Waals surface area contributed by atoms with Crippen molar-refractivity contribution >= 4 is 0 Å². The lowest BCUT2D eigenvalue weighted by atomic mass is 10.1. The van der Waals surface area contributed by atoms with Gasteiger partial charge in [-0.25, -0.2) is 0 Å². The highest BCUT2D eigenvalue weighted by Gasteiger charge is 2.51. The summed E-state index contributed by atoms with van der Waals surface area (Å²) >= 11 is 0. The van der Waals surface area contributed by atoms with Crippen molar-refractivity contribution in [2.24, 2.45) is 0 Å². The molecule has 1 nitrogen and oxygen atoms in total. The van der Waals surface area contributed by atoms with Crippen LogP contribution >= 0.6 is 0 Å². The largest absolute Gasteiger partial charge is 0.289 e. The van der Waals surface area contributed by atoms with Crippen molar-refractivity contribution in [1.29, 1.82) is 0 Å². The van der Waals surface area contributed by atoms with Crippen LogP contribution < -0.4 is 0 Å². The second-order valence-electron chi connectivity index (χ2n) is 5.34. The summed E-state index contributed by atoms with van der Waals surface area (Å²) in [5.74, 6) is 0. The SMILES string of the molecule is CC(C)(C)N1[C@@H]2CC/C=C\CC[C@@H]21. The average Bonchev–Trinajstić information content (AvgIpc) is 2.59. The lowest BCUT2D eigenvalue weighted by molar-refractivity contribution is 0.264. The zero-order chi connectivity index (χ0) is 9.47. The van der Waals surface area contributed by atoms with Crippen LogP contribution in [0.1, 0.15) is 46.5 Å². The number of hydrogen-bond acceptors (Lipinski definition) is 1. The molecule has 2 rings (SSSR count). The van der Waals surface area contributed by atoms with Crippen molar-refractivity contribution in [1.82, 2.24) is 4.90 Å². The lowest BCUT2D eigenvalue weighted by Crippen LogP contribution is -2.28. The molecule has 2 aliphatic rings. The molecule has 1 saturated heterocycles. The predicted molar refractivity (Wildman–Crippen MR) is 56.8 cm³/mol. The molecule has 0 radical (unpaired) electrons. The van der Waals surface area contributed by atoms with Crippen LogP contribution in [-0.4, -0.2) is 22.5 Å². The van der Waals surface area contributed by atoms with Crippen LogP contribution in [0.2, 0.25) is 0 Å². The summed E-state index contributed by atoms with van der Waals surface area (Å²) in [5.41, 5.74) is 0.389. The van der Waals surface area contributed by atoms with Gasteiger partial charge in [-0.05, 0) is 46.5 Å². The fourth-order valence-corrected chi connectivity index (χ4v) is 2.76. The van der Waals surface area contributed by atoms with Crippen LogP contribution in [0.25, 0.3) is 0 Å². The van der Waals surface area contributed by atoms with E-state index in [1.54, 1.807) is 0 Å². The van der Waals surface area contributed by atoms with E-state index in [9.17, 15) is 0 Å². The Kier molecular flexibility index (Phi) is 2.23. The molecule has 1 aliphatic carbocycles. The fourth-order valence-electron chi connectivity index (χ4n) is 2.76. The van der Waals surface area contributed by atoms with Crippen molar-refractivity contribution in [3.63, 3.8) is 0 Å². The van der Waals surface area contributed by atoms with Crippen molar-refractivity contribution in [2.75, 3.05) is 0 Å². The molecule has 0 N–H and O–H groups in total. The molecule has 0 aromatic carbocycles. The van der Waals surface area contributed by atoms with Gasteiger partial charge in [-0.2, -0.15) is 0 Å². The summed E-state index contributed by atoms with van der Waals surface area (Å²) in [7, 11) is 0. The van der Waals surface area contributed by atoms with E-state index in [0.29, 0.717) is 5.54 Å². The third-order valence-electron chi connectivity index (χ3n) is 3.27. The van der Waals surface area contributed by atoms with E-state index >= 15 is 0 Å². The number of allylic oxidation sites excluding steroid dienone is 2. The van der Waals surface area contributed by atoms with E-state index in [2.05, 4.69) is 37.8 Å². The maximum Gasteiger partial charge on any atom is 0.0263 e. The van der Waals surface area contributed by atoms with Gasteiger partial charge < -0.3 is 0 Å². The maximum absolute atomic E-state index is 2.69. The van der Waals surface area contributed by atoms with Gasteiger partial charge in [0, 0.05) is 17.6 Å². The van der Waals surface area contributed by atoms with Crippen molar-refractivity contribution in [3.8, 4) is 0 Å². The smallest absolute Gasteiger partial charge is 0.0263 e. The molecule has 1 heteroatoms. The Morgan fingerprint density at radius 1 is 1.00 bits per heavy atom. The Balaban J connectivity index is 1.99. The minimum absolute atomic E-state index is 0.389. The molecule has 0 amide bonds. The Bertz CT molecular complexity index is 196. The molecule has 0 spiro atoms. The van der Waals surface area contributed by atoms with E-state index in [1.165, 1.54) is 25.7 Å². The van der Waals surface area contributed by atoms with E-state index in [0.717, 1.165) is 12.1 Å². The molecule has 1 heterocycles. The van der Waals surface area contributed by atoms with Crippen LogP contribution in [-0.2, 0) is 0 Å². The minimum Gasteiger partial charge on any atom is -0.289 e. The molecule has 3 atom stereocenters. The first-order chi connectivity index (χ1) is 6.11. The Morgan fingerprint density at radius 2 is 1.46 bits per heavy atom. The van der Waals surface area contributed by atoms with Gasteiger partial charge in [0.2, 0.25) is 0 Å². The van der Waals surface area contributed by atoms with Crippen LogP contribution in [0.15, 0.2) is 12.2 Å². The monoisotopic (exact) mass is 179 g/mol. The fraction of sp³-hybridized carbons (Fsp3) is 0.833. The summed E-state index contributed by atoms with van der Waals surface area (Å²) < 4.78 is 0. The van der Waals surface area contributed by atoms with E-state index in [4.69, 9.17) is 0 Å². The first kappa shape index (κ1) is 9.26. The molecule has 74 valence electrons. The quantitative estimate of drug-likeness (QED) is 0.408. The normalized spacial score (nSPS) is 41.6. The van der Waals surface area contributed by atoms with Crippen molar-refractivity contribution < 1.29 is 0 Å².